The smallest absolute Gasteiger partial charge is 0.119 e. The molecule has 0 spiro atoms. The lowest BCUT2D eigenvalue weighted by atomic mass is 10.1. The molecule has 2 aliphatic rings. The first kappa shape index (κ1) is 12.2. The Bertz CT molecular complexity index is 324. The van der Waals surface area contributed by atoms with Crippen molar-refractivity contribution in [2.24, 2.45) is 0 Å². The third kappa shape index (κ3) is 1.03. The largest absolute Gasteiger partial charge is 0.167 e. The predicted octanol–water partition coefficient (Wildman–Crippen LogP) is 4.48. The van der Waals surface area contributed by atoms with Crippen LogP contribution < -0.4 is 0 Å². The van der Waals surface area contributed by atoms with Crippen LogP contribution >= 0.6 is 81.2 Å². The van der Waals surface area contributed by atoms with Crippen molar-refractivity contribution in [2.45, 2.75) is 24.8 Å². The molecule has 4 unspecified atom stereocenters. The summed E-state index contributed by atoms with van der Waals surface area (Å²) in [6.45, 7) is 0. The molecule has 0 aromatic carbocycles. The van der Waals surface area contributed by atoms with Crippen LogP contribution in [0, 0.1) is 0 Å². The predicted molar refractivity (Wildman–Crippen MR) is 64.8 cm³/mol. The first-order chi connectivity index (χ1) is 6.19. The minimum absolute atomic E-state index is 0.246. The molecular weight excluding hydrogens is 332 g/mol. The molecule has 7 heteroatoms. The van der Waals surface area contributed by atoms with E-state index in [4.69, 9.17) is 81.2 Å². The number of hydrogen-bond acceptors (Lipinski definition) is 0. The van der Waals surface area contributed by atoms with Gasteiger partial charge in [-0.05, 0) is 6.08 Å². The van der Waals surface area contributed by atoms with Crippen LogP contribution in [0.3, 0.4) is 0 Å². The maximum atomic E-state index is 6.21. The fourth-order valence-corrected chi connectivity index (χ4v) is 5.22. The van der Waals surface area contributed by atoms with Gasteiger partial charge in [0.15, 0.2) is 4.33 Å². The highest BCUT2D eigenvalue weighted by Crippen LogP contribution is 2.71. The molecule has 0 radical (unpaired) electrons. The van der Waals surface area contributed by atoms with Crippen LogP contribution in [-0.2, 0) is 0 Å². The second-order valence-electron chi connectivity index (χ2n) is 3.35. The third-order valence-electron chi connectivity index (χ3n) is 2.66. The van der Waals surface area contributed by atoms with Gasteiger partial charge in [-0.1, -0.05) is 34.8 Å². The van der Waals surface area contributed by atoms with Crippen molar-refractivity contribution in [3.63, 3.8) is 0 Å². The lowest BCUT2D eigenvalue weighted by Crippen LogP contribution is -2.44. The van der Waals surface area contributed by atoms with Crippen LogP contribution in [-0.4, -0.2) is 24.8 Å². The van der Waals surface area contributed by atoms with Crippen LogP contribution in [0.25, 0.3) is 0 Å². The summed E-state index contributed by atoms with van der Waals surface area (Å²) in [4.78, 5) is -2.53. The monoisotopic (exact) mass is 332 g/mol. The van der Waals surface area contributed by atoms with E-state index in [-0.39, 0.29) is 5.03 Å². The van der Waals surface area contributed by atoms with E-state index in [1.165, 1.54) is 6.08 Å². The van der Waals surface area contributed by atoms with Crippen molar-refractivity contribution in [3.05, 3.63) is 11.1 Å². The number of fused-ring (bicyclic) bond motifs is 2. The van der Waals surface area contributed by atoms with Crippen molar-refractivity contribution in [3.8, 4) is 0 Å². The van der Waals surface area contributed by atoms with Crippen molar-refractivity contribution >= 4 is 81.2 Å². The number of hydrogen-bond donors (Lipinski definition) is 0. The minimum Gasteiger partial charge on any atom is -0.119 e. The van der Waals surface area contributed by atoms with Gasteiger partial charge in [0, 0.05) is 5.03 Å². The summed E-state index contributed by atoms with van der Waals surface area (Å²) in [6.07, 6.45) is 1.47. The second kappa shape index (κ2) is 3.16. The summed E-state index contributed by atoms with van der Waals surface area (Å²) < 4.78 is -1.50. The normalized spacial score (nSPS) is 54.9. The van der Waals surface area contributed by atoms with E-state index >= 15 is 0 Å². The molecule has 1 saturated carbocycles. The van der Waals surface area contributed by atoms with E-state index < -0.39 is 24.8 Å². The molecule has 80 valence electrons. The molecule has 1 fully saturated rings. The SMILES string of the molecule is ClC1=CC2(Cl)C(Cl)C(Cl)C1(Cl)C2(Cl)Cl. The van der Waals surface area contributed by atoms with E-state index in [0.717, 1.165) is 0 Å². The molecule has 0 amide bonds. The minimum atomic E-state index is -1.50. The van der Waals surface area contributed by atoms with Crippen LogP contribution in [0.5, 0.6) is 0 Å². The Morgan fingerprint density at radius 1 is 1.00 bits per heavy atom. The van der Waals surface area contributed by atoms with Gasteiger partial charge in [0.2, 0.25) is 0 Å². The zero-order valence-corrected chi connectivity index (χ0v) is 11.7. The Hall–Kier alpha value is 1.77. The fourth-order valence-electron chi connectivity index (χ4n) is 1.78. The van der Waals surface area contributed by atoms with E-state index in [0.29, 0.717) is 0 Å². The Kier molecular flexibility index (Phi) is 2.76. The lowest BCUT2D eigenvalue weighted by Gasteiger charge is -2.31. The average molecular weight is 335 g/mol. The molecule has 2 aliphatic carbocycles. The molecule has 0 aromatic heterocycles. The molecule has 0 N–H and O–H groups in total. The van der Waals surface area contributed by atoms with Gasteiger partial charge in [-0.15, -0.1) is 46.4 Å². The number of alkyl halides is 6. The van der Waals surface area contributed by atoms with Gasteiger partial charge in [-0.25, -0.2) is 0 Å². The lowest BCUT2D eigenvalue weighted by molar-refractivity contribution is 0.688. The summed E-state index contributed by atoms with van der Waals surface area (Å²) in [5.41, 5.74) is 0. The first-order valence-electron chi connectivity index (χ1n) is 3.62. The zero-order valence-electron chi connectivity index (χ0n) is 6.38. The first-order valence-corrected chi connectivity index (χ1v) is 6.38. The van der Waals surface area contributed by atoms with Crippen molar-refractivity contribution in [1.82, 2.24) is 0 Å². The zero-order chi connectivity index (χ0) is 10.9. The number of halogens is 7. The number of allylic oxidation sites excluding steroid dienone is 2. The highest BCUT2D eigenvalue weighted by Gasteiger charge is 2.79. The molecule has 0 heterocycles. The highest BCUT2D eigenvalue weighted by molar-refractivity contribution is 6.65. The van der Waals surface area contributed by atoms with Gasteiger partial charge in [0.25, 0.3) is 0 Å². The van der Waals surface area contributed by atoms with Gasteiger partial charge in [0.1, 0.15) is 9.75 Å². The summed E-state index contributed by atoms with van der Waals surface area (Å²) in [6, 6.07) is 0. The molecule has 0 saturated heterocycles. The highest BCUT2D eigenvalue weighted by atomic mass is 35.5. The van der Waals surface area contributed by atoms with Gasteiger partial charge >= 0.3 is 0 Å². The Morgan fingerprint density at radius 3 is 1.79 bits per heavy atom. The molecule has 0 aromatic rings. The quantitative estimate of drug-likeness (QED) is 0.573. The third-order valence-corrected chi connectivity index (χ3v) is 7.65. The van der Waals surface area contributed by atoms with Crippen LogP contribution in [0.4, 0.5) is 0 Å². The Morgan fingerprint density at radius 2 is 1.50 bits per heavy atom. The topological polar surface area (TPSA) is 0 Å². The molecule has 0 aliphatic heterocycles. The van der Waals surface area contributed by atoms with Crippen LogP contribution in [0.2, 0.25) is 0 Å². The van der Waals surface area contributed by atoms with Crippen LogP contribution in [0.1, 0.15) is 0 Å². The molecule has 0 nitrogen and oxygen atoms in total. The Labute approximate surface area is 116 Å². The molecule has 4 atom stereocenters. The van der Waals surface area contributed by atoms with Crippen molar-refractivity contribution in [2.75, 3.05) is 0 Å². The van der Waals surface area contributed by atoms with E-state index in [2.05, 4.69) is 0 Å². The summed E-state index contributed by atoms with van der Waals surface area (Å²) >= 11 is 42.6. The molecule has 2 bridgehead atoms. The maximum absolute atomic E-state index is 6.21. The van der Waals surface area contributed by atoms with Crippen molar-refractivity contribution in [1.29, 1.82) is 0 Å². The number of rotatable bonds is 0. The van der Waals surface area contributed by atoms with Crippen molar-refractivity contribution < 1.29 is 0 Å². The second-order valence-corrected chi connectivity index (χ2v) is 7.25. The summed E-state index contributed by atoms with van der Waals surface area (Å²) in [5, 5.41) is -1.13. The van der Waals surface area contributed by atoms with Gasteiger partial charge < -0.3 is 0 Å². The van der Waals surface area contributed by atoms with Crippen LogP contribution in [0.15, 0.2) is 11.1 Å². The standard InChI is InChI=1S/C7H3Cl7/c8-2-1-5(11)3(9)4(10)6(2,12)7(5,13)14/h1,3-4H. The Balaban J connectivity index is 2.67. The van der Waals surface area contributed by atoms with Gasteiger partial charge in [0.05, 0.1) is 10.8 Å². The summed E-state index contributed by atoms with van der Waals surface area (Å²) in [5.74, 6) is 0. The van der Waals surface area contributed by atoms with E-state index in [1.54, 1.807) is 0 Å². The van der Waals surface area contributed by atoms with E-state index in [1.807, 2.05) is 0 Å². The van der Waals surface area contributed by atoms with Gasteiger partial charge in [-0.2, -0.15) is 0 Å². The molecule has 2 rings (SSSR count). The molecular formula is C7H3Cl7. The fraction of sp³-hybridized carbons (Fsp3) is 0.714. The van der Waals surface area contributed by atoms with E-state index in [9.17, 15) is 0 Å². The molecule has 14 heavy (non-hydrogen) atoms. The maximum Gasteiger partial charge on any atom is 0.167 e. The average Bonchev–Trinajstić information content (AvgIpc) is 2.27. The van der Waals surface area contributed by atoms with Gasteiger partial charge in [-0.3, -0.25) is 0 Å². The summed E-state index contributed by atoms with van der Waals surface area (Å²) in [7, 11) is 0.